The first kappa shape index (κ1) is 53.6. The van der Waals surface area contributed by atoms with Gasteiger partial charge in [-0.1, -0.05) is 26.8 Å². The number of ether oxygens (including phenoxy) is 4. The van der Waals surface area contributed by atoms with Crippen LogP contribution in [-0.4, -0.2) is 136 Å². The topological polar surface area (TPSA) is 236 Å². The van der Waals surface area contributed by atoms with E-state index in [0.29, 0.717) is 94.2 Å². The third-order valence-corrected chi connectivity index (χ3v) is 13.6. The first-order valence-electron chi connectivity index (χ1n) is 21.4. The molecule has 362 valence electrons. The number of hydrogen-bond acceptors (Lipinski definition) is 13. The van der Waals surface area contributed by atoms with Crippen molar-refractivity contribution in [3.8, 4) is 11.3 Å². The fourth-order valence-electron chi connectivity index (χ4n) is 7.77. The highest BCUT2D eigenvalue weighted by Gasteiger charge is 2.43. The standard InChI is InChI=1S/C45H64N2O15S3/c1-44(2,3)38-32-35(62-41-31-34(14-16-37(38)41)46(19-9-30-64(52,53)54)21-22-59-25-26-61-28-27-60-24-23-58-5)11-7-12-42-45(4,18-8-13-43(48)49)39-33-36(65(55,56)57)15-17-40(39)47(42)20-10-29-63(6,50)51/h7,11-12,14-17,31-33H,8-10,13,18-30H2,1-6H3,(H2-,48,49,52,53,54,55,56,57)/p+1. The Kier molecular flexibility index (Phi) is 19.5. The monoisotopic (exact) mass is 969 g/mol. The SMILES string of the molecule is COCCOCCOCCOCC[N+](CCCS(=O)(=O)O)=c1ccc2c(C(C)(C)C)cc(/C=C/C=C3/N(CCCS(C)(=O)=O)c4ccc(S(=O)(=O)O)cc4C3(C)CCCC(=O)O)oc-2c1. The maximum absolute atomic E-state index is 12.3. The van der Waals surface area contributed by atoms with E-state index in [-0.39, 0.29) is 48.3 Å². The van der Waals surface area contributed by atoms with Gasteiger partial charge in [-0.15, -0.1) is 0 Å². The molecule has 1 aromatic rings. The number of methoxy groups -OCH3 is 1. The van der Waals surface area contributed by atoms with Gasteiger partial charge in [0.1, 0.15) is 34.5 Å². The van der Waals surface area contributed by atoms with Crippen LogP contribution in [0.5, 0.6) is 0 Å². The molecule has 1 aliphatic carbocycles. The summed E-state index contributed by atoms with van der Waals surface area (Å²) in [6.45, 7) is 11.9. The van der Waals surface area contributed by atoms with E-state index in [1.807, 2.05) is 46.7 Å². The van der Waals surface area contributed by atoms with E-state index in [9.17, 15) is 44.3 Å². The minimum atomic E-state index is -4.59. The van der Waals surface area contributed by atoms with Crippen LogP contribution < -0.4 is 14.8 Å². The van der Waals surface area contributed by atoms with Crippen molar-refractivity contribution in [1.29, 1.82) is 0 Å². The van der Waals surface area contributed by atoms with Gasteiger partial charge in [0.05, 0.1) is 62.1 Å². The molecule has 3 aliphatic rings. The third kappa shape index (κ3) is 16.7. The number of aliphatic carboxylic acids is 1. The first-order chi connectivity index (χ1) is 30.4. The van der Waals surface area contributed by atoms with Gasteiger partial charge in [-0.05, 0) is 85.2 Å². The number of sulfone groups is 1. The van der Waals surface area contributed by atoms with Crippen LogP contribution in [0.25, 0.3) is 17.4 Å². The highest BCUT2D eigenvalue weighted by atomic mass is 32.2. The molecule has 0 fully saturated rings. The molecule has 2 heterocycles. The first-order valence-corrected chi connectivity index (χ1v) is 26.6. The number of rotatable bonds is 27. The molecule has 3 N–H and O–H groups in total. The molecule has 2 aliphatic heterocycles. The molecule has 0 radical (unpaired) electrons. The number of carboxylic acids is 1. The van der Waals surface area contributed by atoms with E-state index >= 15 is 0 Å². The van der Waals surface area contributed by atoms with E-state index in [1.54, 1.807) is 25.3 Å². The highest BCUT2D eigenvalue weighted by molar-refractivity contribution is 7.90. The summed E-state index contributed by atoms with van der Waals surface area (Å²) >= 11 is 0. The van der Waals surface area contributed by atoms with Crippen LogP contribution >= 0.6 is 0 Å². The Balaban J connectivity index is 1.75. The van der Waals surface area contributed by atoms with Crippen molar-refractivity contribution in [3.63, 3.8) is 0 Å². The number of nitrogens with zero attached hydrogens (tertiary/aromatic N) is 2. The van der Waals surface area contributed by atoms with Crippen molar-refractivity contribution in [2.75, 3.05) is 95.7 Å². The van der Waals surface area contributed by atoms with Crippen molar-refractivity contribution in [1.82, 2.24) is 4.58 Å². The zero-order valence-electron chi connectivity index (χ0n) is 38.2. The summed E-state index contributed by atoms with van der Waals surface area (Å²) < 4.78 is 122. The summed E-state index contributed by atoms with van der Waals surface area (Å²) in [6.07, 6.45) is 7.36. The zero-order valence-corrected chi connectivity index (χ0v) is 40.6. The summed E-state index contributed by atoms with van der Waals surface area (Å²) in [5, 5.41) is 10.2. The van der Waals surface area contributed by atoms with E-state index in [4.69, 9.17) is 23.4 Å². The maximum Gasteiger partial charge on any atom is 0.303 e. The molecule has 0 saturated heterocycles. The van der Waals surface area contributed by atoms with Crippen LogP contribution in [-0.2, 0) is 64.6 Å². The number of carbonyl (C=O) groups is 1. The van der Waals surface area contributed by atoms with Gasteiger partial charge in [-0.2, -0.15) is 16.8 Å². The van der Waals surface area contributed by atoms with Crippen LogP contribution in [0.2, 0.25) is 0 Å². The van der Waals surface area contributed by atoms with Gasteiger partial charge in [0.2, 0.25) is 5.36 Å². The molecule has 0 amide bonds. The molecule has 0 bridgehead atoms. The minimum absolute atomic E-state index is 0.0964. The van der Waals surface area contributed by atoms with Gasteiger partial charge >= 0.3 is 5.97 Å². The summed E-state index contributed by atoms with van der Waals surface area (Å²) in [5.41, 5.74) is 2.40. The van der Waals surface area contributed by atoms with Crippen LogP contribution in [0, 0.1) is 0 Å². The Morgan fingerprint density at radius 3 is 2.11 bits per heavy atom. The summed E-state index contributed by atoms with van der Waals surface area (Å²) in [7, 11) is -10.5. The second-order valence-corrected chi connectivity index (χ2v) is 22.5. The number of allylic oxidation sites excluding steroid dienone is 3. The van der Waals surface area contributed by atoms with E-state index in [2.05, 4.69) is 20.8 Å². The summed E-state index contributed by atoms with van der Waals surface area (Å²) in [6, 6.07) is 12.0. The fourth-order valence-corrected chi connectivity index (χ4v) is 9.42. The lowest BCUT2D eigenvalue weighted by molar-refractivity contribution is -0.137. The Labute approximate surface area is 383 Å². The second-order valence-electron chi connectivity index (χ2n) is 17.2. The molecular formula is C45H65N2O15S3+. The average Bonchev–Trinajstić information content (AvgIpc) is 3.42. The van der Waals surface area contributed by atoms with E-state index in [1.165, 1.54) is 12.1 Å². The van der Waals surface area contributed by atoms with Crippen molar-refractivity contribution in [2.24, 2.45) is 0 Å². The van der Waals surface area contributed by atoms with Gasteiger partial charge in [-0.25, -0.2) is 13.0 Å². The molecule has 65 heavy (non-hydrogen) atoms. The molecule has 0 aromatic heterocycles. The van der Waals surface area contributed by atoms with Crippen molar-refractivity contribution in [3.05, 3.63) is 82.6 Å². The Morgan fingerprint density at radius 2 is 1.51 bits per heavy atom. The molecule has 1 aromatic carbocycles. The minimum Gasteiger partial charge on any atom is -0.481 e. The average molecular weight is 970 g/mol. The molecular weight excluding hydrogens is 905 g/mol. The lowest BCUT2D eigenvalue weighted by Gasteiger charge is -2.30. The molecule has 17 nitrogen and oxygen atoms in total. The molecule has 4 rings (SSSR count). The Morgan fingerprint density at radius 1 is 0.846 bits per heavy atom. The largest absolute Gasteiger partial charge is 0.481 e. The van der Waals surface area contributed by atoms with Crippen LogP contribution in [0.1, 0.15) is 76.7 Å². The number of anilines is 1. The maximum atomic E-state index is 12.3. The van der Waals surface area contributed by atoms with Gasteiger partial charge in [-0.3, -0.25) is 13.9 Å². The van der Waals surface area contributed by atoms with Crippen LogP contribution in [0.15, 0.2) is 69.6 Å². The lowest BCUT2D eigenvalue weighted by atomic mass is 9.77. The quantitative estimate of drug-likeness (QED) is 0.0516. The van der Waals surface area contributed by atoms with Gasteiger partial charge < -0.3 is 33.4 Å². The van der Waals surface area contributed by atoms with Crippen LogP contribution in [0.4, 0.5) is 5.69 Å². The number of hydrogen-bond donors (Lipinski definition) is 3. The third-order valence-electron chi connectivity index (χ3n) is 10.9. The second kappa shape index (κ2) is 23.6. The Hall–Kier alpha value is -3.99. The van der Waals surface area contributed by atoms with Crippen LogP contribution in [0.3, 0.4) is 0 Å². The smallest absolute Gasteiger partial charge is 0.303 e. The summed E-state index contributed by atoms with van der Waals surface area (Å²) in [4.78, 5) is 13.2. The Bertz CT molecular complexity index is 2530. The van der Waals surface area contributed by atoms with Gasteiger partial charge in [0.15, 0.2) is 6.54 Å². The fraction of sp³-hybridized carbons (Fsp3) is 0.556. The molecule has 1 atom stereocenters. The van der Waals surface area contributed by atoms with Crippen molar-refractivity contribution < 1.29 is 67.6 Å². The van der Waals surface area contributed by atoms with E-state index < -0.39 is 47.2 Å². The lowest BCUT2D eigenvalue weighted by Crippen LogP contribution is -2.35. The van der Waals surface area contributed by atoms with Crippen molar-refractivity contribution >= 4 is 47.8 Å². The summed E-state index contributed by atoms with van der Waals surface area (Å²) in [5.74, 6) is -0.461. The predicted octanol–water partition coefficient (Wildman–Crippen LogP) is 5.04. The van der Waals surface area contributed by atoms with E-state index in [0.717, 1.165) is 22.7 Å². The molecule has 1 unspecified atom stereocenters. The van der Waals surface area contributed by atoms with Gasteiger partial charge in [0, 0.05) is 61.2 Å². The van der Waals surface area contributed by atoms with Crippen molar-refractivity contribution in [2.45, 2.75) is 75.5 Å². The molecule has 0 spiro atoms. The molecule has 0 saturated carbocycles. The normalized spacial score (nSPS) is 17.1. The zero-order chi connectivity index (χ0) is 48.1. The number of fused-ring (bicyclic) bond motifs is 2. The number of benzene rings is 2. The predicted molar refractivity (Wildman–Crippen MR) is 248 cm³/mol. The van der Waals surface area contributed by atoms with Gasteiger partial charge in [0.25, 0.3) is 20.2 Å². The highest BCUT2D eigenvalue weighted by Crippen LogP contribution is 2.51. The molecule has 20 heteroatoms. The number of carboxylic acid groups (broad SMARTS) is 1.